The second-order valence-corrected chi connectivity index (χ2v) is 3.65. The zero-order chi connectivity index (χ0) is 12.8. The summed E-state index contributed by atoms with van der Waals surface area (Å²) in [5, 5.41) is 18.3. The average molecular weight is 233 g/mol. The van der Waals surface area contributed by atoms with Crippen molar-refractivity contribution < 1.29 is 14.6 Å². The van der Waals surface area contributed by atoms with Gasteiger partial charge >= 0.3 is 5.97 Å². The molecule has 17 heavy (non-hydrogen) atoms. The third-order valence-corrected chi connectivity index (χ3v) is 2.54. The topological polar surface area (TPSA) is 70.3 Å². The van der Waals surface area contributed by atoms with Gasteiger partial charge < -0.3 is 9.84 Å². The van der Waals surface area contributed by atoms with E-state index in [1.165, 1.54) is 0 Å². The highest BCUT2D eigenvalue weighted by Crippen LogP contribution is 2.19. The minimum absolute atomic E-state index is 0.0595. The molecule has 0 spiro atoms. The maximum absolute atomic E-state index is 11.4. The van der Waals surface area contributed by atoms with Crippen molar-refractivity contribution in [2.24, 2.45) is 0 Å². The smallest absolute Gasteiger partial charge is 0.310 e. The van der Waals surface area contributed by atoms with Gasteiger partial charge in [-0.2, -0.15) is 5.26 Å². The molecular weight excluding hydrogens is 218 g/mol. The van der Waals surface area contributed by atoms with Crippen LogP contribution in [0.4, 0.5) is 0 Å². The Morgan fingerprint density at radius 3 is 2.76 bits per heavy atom. The number of hydrogen-bond acceptors (Lipinski definition) is 4. The van der Waals surface area contributed by atoms with Gasteiger partial charge in [0.05, 0.1) is 31.3 Å². The molecule has 0 aliphatic carbocycles. The number of aliphatic hydroxyl groups is 1. The summed E-state index contributed by atoms with van der Waals surface area (Å²) >= 11 is 0. The van der Waals surface area contributed by atoms with Gasteiger partial charge in [-0.3, -0.25) is 4.79 Å². The zero-order valence-electron chi connectivity index (χ0n) is 9.99. The van der Waals surface area contributed by atoms with Crippen LogP contribution in [0.3, 0.4) is 0 Å². The number of nitrogens with zero attached hydrogens (tertiary/aromatic N) is 1. The monoisotopic (exact) mass is 233 g/mol. The standard InChI is InChI=1S/C13H15NO3/c1-3-17-13(16)6-10-5-4-9(2)12(8-15)11(10)7-14/h4-5,15H,3,6,8H2,1-2H3. The molecule has 0 aliphatic rings. The third-order valence-electron chi connectivity index (χ3n) is 2.54. The normalized spacial score (nSPS) is 9.76. The first-order valence-corrected chi connectivity index (χ1v) is 5.42. The number of carbonyl (C=O) groups is 1. The van der Waals surface area contributed by atoms with Crippen molar-refractivity contribution in [2.75, 3.05) is 6.61 Å². The molecule has 0 aromatic heterocycles. The minimum Gasteiger partial charge on any atom is -0.466 e. The van der Waals surface area contributed by atoms with E-state index in [0.717, 1.165) is 5.56 Å². The van der Waals surface area contributed by atoms with Crippen molar-refractivity contribution >= 4 is 5.97 Å². The number of benzene rings is 1. The number of nitriles is 1. The Balaban J connectivity index is 3.09. The van der Waals surface area contributed by atoms with Crippen molar-refractivity contribution in [1.82, 2.24) is 0 Å². The quantitative estimate of drug-likeness (QED) is 0.799. The van der Waals surface area contributed by atoms with Crippen molar-refractivity contribution in [3.63, 3.8) is 0 Å². The van der Waals surface area contributed by atoms with Crippen molar-refractivity contribution in [3.8, 4) is 6.07 Å². The second kappa shape index (κ2) is 6.02. The fourth-order valence-electron chi connectivity index (χ4n) is 1.66. The molecule has 1 aromatic carbocycles. The first kappa shape index (κ1) is 13.2. The molecule has 0 atom stereocenters. The van der Waals surface area contributed by atoms with Crippen LogP contribution in [0.15, 0.2) is 12.1 Å². The molecule has 4 heteroatoms. The SMILES string of the molecule is CCOC(=O)Cc1ccc(C)c(CO)c1C#N. The van der Waals surface area contributed by atoms with Crippen LogP contribution in [0.2, 0.25) is 0 Å². The lowest BCUT2D eigenvalue weighted by Gasteiger charge is -2.10. The second-order valence-electron chi connectivity index (χ2n) is 3.65. The molecule has 0 heterocycles. The highest BCUT2D eigenvalue weighted by atomic mass is 16.5. The summed E-state index contributed by atoms with van der Waals surface area (Å²) in [5.41, 5.74) is 2.40. The van der Waals surface area contributed by atoms with Gasteiger partial charge in [-0.1, -0.05) is 12.1 Å². The number of rotatable bonds is 4. The maximum atomic E-state index is 11.4. The van der Waals surface area contributed by atoms with Gasteiger partial charge in [0, 0.05) is 0 Å². The molecule has 1 N–H and O–H groups in total. The van der Waals surface area contributed by atoms with Crippen LogP contribution in [0, 0.1) is 18.3 Å². The lowest BCUT2D eigenvalue weighted by atomic mass is 9.96. The van der Waals surface area contributed by atoms with Gasteiger partial charge in [0.1, 0.15) is 0 Å². The van der Waals surface area contributed by atoms with E-state index in [0.29, 0.717) is 23.3 Å². The zero-order valence-corrected chi connectivity index (χ0v) is 9.99. The van der Waals surface area contributed by atoms with Crippen molar-refractivity contribution in [2.45, 2.75) is 26.9 Å². The molecule has 4 nitrogen and oxygen atoms in total. The molecule has 0 amide bonds. The number of aliphatic hydroxyl groups excluding tert-OH is 1. The molecule has 0 aliphatic heterocycles. The van der Waals surface area contributed by atoms with Crippen LogP contribution in [0.5, 0.6) is 0 Å². The van der Waals surface area contributed by atoms with E-state index in [1.807, 2.05) is 13.0 Å². The molecule has 0 bridgehead atoms. The number of esters is 1. The highest BCUT2D eigenvalue weighted by molar-refractivity contribution is 5.74. The fourth-order valence-corrected chi connectivity index (χ4v) is 1.66. The third kappa shape index (κ3) is 3.05. The Bertz CT molecular complexity index is 460. The summed E-state index contributed by atoms with van der Waals surface area (Å²) in [7, 11) is 0. The van der Waals surface area contributed by atoms with E-state index in [4.69, 9.17) is 10.00 Å². The number of hydrogen-bond donors (Lipinski definition) is 1. The largest absolute Gasteiger partial charge is 0.466 e. The van der Waals surface area contributed by atoms with E-state index >= 15 is 0 Å². The van der Waals surface area contributed by atoms with E-state index in [-0.39, 0.29) is 19.0 Å². The predicted molar refractivity (Wildman–Crippen MR) is 62.2 cm³/mol. The molecule has 1 aromatic rings. The molecule has 0 saturated carbocycles. The van der Waals surface area contributed by atoms with Gasteiger partial charge in [-0.25, -0.2) is 0 Å². The fraction of sp³-hybridized carbons (Fsp3) is 0.385. The maximum Gasteiger partial charge on any atom is 0.310 e. The predicted octanol–water partition coefficient (Wildman–Crippen LogP) is 1.46. The highest BCUT2D eigenvalue weighted by Gasteiger charge is 2.13. The van der Waals surface area contributed by atoms with Crippen LogP contribution in [0.1, 0.15) is 29.2 Å². The van der Waals surface area contributed by atoms with Crippen molar-refractivity contribution in [3.05, 3.63) is 34.4 Å². The molecule has 0 unspecified atom stereocenters. The Labute approximate surface area is 100 Å². The van der Waals surface area contributed by atoms with Gasteiger partial charge in [0.2, 0.25) is 0 Å². The van der Waals surface area contributed by atoms with Crippen molar-refractivity contribution in [1.29, 1.82) is 5.26 Å². The molecule has 90 valence electrons. The molecule has 0 radical (unpaired) electrons. The molecule has 0 fully saturated rings. The summed E-state index contributed by atoms with van der Waals surface area (Å²) in [6.07, 6.45) is 0.0595. The minimum atomic E-state index is -0.364. The Kier molecular flexibility index (Phi) is 4.68. The summed E-state index contributed by atoms with van der Waals surface area (Å²) in [5.74, 6) is -0.364. The Hall–Kier alpha value is -1.86. The lowest BCUT2D eigenvalue weighted by molar-refractivity contribution is -0.142. The van der Waals surface area contributed by atoms with E-state index in [9.17, 15) is 9.90 Å². The molecular formula is C13H15NO3. The van der Waals surface area contributed by atoms with Crippen LogP contribution in [-0.2, 0) is 22.6 Å². The Morgan fingerprint density at radius 2 is 2.24 bits per heavy atom. The number of aryl methyl sites for hydroxylation is 1. The summed E-state index contributed by atoms with van der Waals surface area (Å²) < 4.78 is 4.84. The van der Waals surface area contributed by atoms with Crippen LogP contribution < -0.4 is 0 Å². The first-order valence-electron chi connectivity index (χ1n) is 5.42. The lowest BCUT2D eigenvalue weighted by Crippen LogP contribution is -2.10. The van der Waals surface area contributed by atoms with Gasteiger partial charge in [0.25, 0.3) is 0 Å². The summed E-state index contributed by atoms with van der Waals surface area (Å²) in [4.78, 5) is 11.4. The van der Waals surface area contributed by atoms with Crippen LogP contribution >= 0.6 is 0 Å². The van der Waals surface area contributed by atoms with Gasteiger partial charge in [-0.05, 0) is 30.5 Å². The van der Waals surface area contributed by atoms with E-state index in [2.05, 4.69) is 0 Å². The average Bonchev–Trinajstić information content (AvgIpc) is 2.31. The first-order chi connectivity index (χ1) is 8.13. The molecule has 0 saturated heterocycles. The summed E-state index contributed by atoms with van der Waals surface area (Å²) in [6, 6.07) is 5.55. The number of carbonyl (C=O) groups excluding carboxylic acids is 1. The molecule has 1 rings (SSSR count). The summed E-state index contributed by atoms with van der Waals surface area (Å²) in [6.45, 7) is 3.67. The van der Waals surface area contributed by atoms with Gasteiger partial charge in [-0.15, -0.1) is 0 Å². The number of ether oxygens (including phenoxy) is 1. The van der Waals surface area contributed by atoms with Crippen LogP contribution in [0.25, 0.3) is 0 Å². The Morgan fingerprint density at radius 1 is 1.53 bits per heavy atom. The van der Waals surface area contributed by atoms with Gasteiger partial charge in [0.15, 0.2) is 0 Å². The van der Waals surface area contributed by atoms with E-state index < -0.39 is 0 Å². The van der Waals surface area contributed by atoms with Crippen LogP contribution in [-0.4, -0.2) is 17.7 Å². The van der Waals surface area contributed by atoms with E-state index in [1.54, 1.807) is 19.1 Å².